The molecular weight excluding hydrogens is 438 g/mol. The largest absolute Gasteiger partial charge is 0.289 e. The highest BCUT2D eigenvalue weighted by Gasteiger charge is 2.14. The van der Waals surface area contributed by atoms with Crippen LogP contribution in [0.5, 0.6) is 0 Å². The Labute approximate surface area is 173 Å². The number of nitrogens with one attached hydrogen (secondary N) is 1. The molecular formula is C22H18BrNO3S. The molecule has 3 rings (SSSR count). The first-order valence-electron chi connectivity index (χ1n) is 8.51. The molecule has 0 aromatic heterocycles. The summed E-state index contributed by atoms with van der Waals surface area (Å²) in [5.74, 6) is -0.157. The Bertz CT molecular complexity index is 1100. The highest BCUT2D eigenvalue weighted by molar-refractivity contribution is 9.10. The van der Waals surface area contributed by atoms with Crippen molar-refractivity contribution in [3.05, 3.63) is 100 Å². The number of aryl methyl sites for hydroxylation is 1. The molecule has 1 N–H and O–H groups in total. The number of allylic oxidation sites excluding steroid dienone is 1. The zero-order valence-corrected chi connectivity index (χ0v) is 17.5. The second-order valence-electron chi connectivity index (χ2n) is 6.25. The minimum absolute atomic E-state index is 0.157. The minimum Gasteiger partial charge on any atom is -0.289 e. The summed E-state index contributed by atoms with van der Waals surface area (Å²) >= 11 is 3.37. The van der Waals surface area contributed by atoms with Gasteiger partial charge in [0.15, 0.2) is 5.78 Å². The lowest BCUT2D eigenvalue weighted by Gasteiger charge is -2.08. The van der Waals surface area contributed by atoms with Crippen LogP contribution >= 0.6 is 15.9 Å². The number of ketones is 1. The number of sulfonamides is 1. The van der Waals surface area contributed by atoms with Crippen molar-refractivity contribution in [2.24, 2.45) is 0 Å². The summed E-state index contributed by atoms with van der Waals surface area (Å²) < 4.78 is 28.3. The van der Waals surface area contributed by atoms with Gasteiger partial charge in [0.1, 0.15) is 0 Å². The predicted octanol–water partition coefficient (Wildman–Crippen LogP) is 5.45. The van der Waals surface area contributed by atoms with Crippen molar-refractivity contribution in [3.8, 4) is 0 Å². The van der Waals surface area contributed by atoms with Crippen LogP contribution in [0.1, 0.15) is 21.5 Å². The maximum atomic E-state index is 12.4. The Kier molecular flexibility index (Phi) is 6.11. The van der Waals surface area contributed by atoms with Gasteiger partial charge >= 0.3 is 0 Å². The monoisotopic (exact) mass is 455 g/mol. The Balaban J connectivity index is 1.69. The lowest BCUT2D eigenvalue weighted by Crippen LogP contribution is -2.13. The van der Waals surface area contributed by atoms with Gasteiger partial charge in [-0.05, 0) is 67.1 Å². The maximum Gasteiger partial charge on any atom is 0.261 e. The van der Waals surface area contributed by atoms with Gasteiger partial charge in [-0.25, -0.2) is 8.42 Å². The van der Waals surface area contributed by atoms with Gasteiger partial charge in [-0.15, -0.1) is 0 Å². The Morgan fingerprint density at radius 3 is 2.11 bits per heavy atom. The molecule has 0 atom stereocenters. The fourth-order valence-electron chi connectivity index (χ4n) is 2.48. The number of benzene rings is 3. The normalized spacial score (nSPS) is 11.5. The molecule has 0 aliphatic heterocycles. The second kappa shape index (κ2) is 8.54. The standard InChI is InChI=1S/C22H18BrNO3S/c1-16-2-13-21(14-3-16)28(26,27)24-20-11-7-18(8-12-20)22(25)15-6-17-4-9-19(23)10-5-17/h2-15,24H,1H3/b15-6+. The first-order chi connectivity index (χ1) is 13.3. The van der Waals surface area contributed by atoms with Gasteiger partial charge in [-0.3, -0.25) is 9.52 Å². The van der Waals surface area contributed by atoms with Crippen molar-refractivity contribution < 1.29 is 13.2 Å². The van der Waals surface area contributed by atoms with E-state index in [2.05, 4.69) is 20.7 Å². The highest BCUT2D eigenvalue weighted by Crippen LogP contribution is 2.18. The molecule has 4 nitrogen and oxygen atoms in total. The first kappa shape index (κ1) is 20.0. The van der Waals surface area contributed by atoms with Gasteiger partial charge in [0, 0.05) is 15.7 Å². The summed E-state index contributed by atoms with van der Waals surface area (Å²) in [7, 11) is -3.67. The van der Waals surface area contributed by atoms with Crippen LogP contribution < -0.4 is 4.72 Å². The molecule has 28 heavy (non-hydrogen) atoms. The Hall–Kier alpha value is -2.70. The van der Waals surface area contributed by atoms with Gasteiger partial charge < -0.3 is 0 Å². The summed E-state index contributed by atoms with van der Waals surface area (Å²) in [6.07, 6.45) is 3.23. The third-order valence-electron chi connectivity index (χ3n) is 4.05. The molecule has 0 saturated heterocycles. The van der Waals surface area contributed by atoms with Crippen LogP contribution in [0.3, 0.4) is 0 Å². The van der Waals surface area contributed by atoms with Crippen LogP contribution in [0.4, 0.5) is 5.69 Å². The summed E-state index contributed by atoms with van der Waals surface area (Å²) in [5, 5.41) is 0. The Morgan fingerprint density at radius 2 is 1.50 bits per heavy atom. The van der Waals surface area contributed by atoms with Gasteiger partial charge in [-0.1, -0.05) is 51.8 Å². The number of halogens is 1. The molecule has 142 valence electrons. The van der Waals surface area contributed by atoms with Crippen LogP contribution in [0.15, 0.2) is 88.2 Å². The zero-order chi connectivity index (χ0) is 20.1. The van der Waals surface area contributed by atoms with Crippen LogP contribution in [0.25, 0.3) is 6.08 Å². The fraction of sp³-hybridized carbons (Fsp3) is 0.0455. The van der Waals surface area contributed by atoms with Crippen LogP contribution in [0.2, 0.25) is 0 Å². The average Bonchev–Trinajstić information content (AvgIpc) is 2.68. The quantitative estimate of drug-likeness (QED) is 0.396. The fourth-order valence-corrected chi connectivity index (χ4v) is 3.80. The van der Waals surface area contributed by atoms with Crippen molar-refractivity contribution >= 4 is 43.5 Å². The molecule has 3 aromatic carbocycles. The minimum atomic E-state index is -3.67. The van der Waals surface area contributed by atoms with E-state index < -0.39 is 10.0 Å². The number of hydrogen-bond donors (Lipinski definition) is 1. The SMILES string of the molecule is Cc1ccc(S(=O)(=O)Nc2ccc(C(=O)/C=C/c3ccc(Br)cc3)cc2)cc1. The summed E-state index contributed by atoms with van der Waals surface area (Å²) in [6.45, 7) is 1.89. The first-order valence-corrected chi connectivity index (χ1v) is 10.8. The van der Waals surface area contributed by atoms with E-state index in [4.69, 9.17) is 0 Å². The van der Waals surface area contributed by atoms with Crippen molar-refractivity contribution in [1.82, 2.24) is 0 Å². The lowest BCUT2D eigenvalue weighted by molar-refractivity contribution is 0.104. The van der Waals surface area contributed by atoms with E-state index in [0.717, 1.165) is 15.6 Å². The summed E-state index contributed by atoms with van der Waals surface area (Å²) in [6, 6.07) is 20.6. The van der Waals surface area contributed by atoms with E-state index in [9.17, 15) is 13.2 Å². The van der Waals surface area contributed by atoms with Crippen LogP contribution in [0, 0.1) is 6.92 Å². The lowest BCUT2D eigenvalue weighted by atomic mass is 10.1. The van der Waals surface area contributed by atoms with Crippen molar-refractivity contribution in [2.75, 3.05) is 4.72 Å². The third kappa shape index (κ3) is 5.18. The molecule has 0 radical (unpaired) electrons. The molecule has 0 saturated carbocycles. The molecule has 0 amide bonds. The van der Waals surface area contributed by atoms with Gasteiger partial charge in [0.2, 0.25) is 0 Å². The molecule has 0 fully saturated rings. The van der Waals surface area contributed by atoms with E-state index in [-0.39, 0.29) is 10.7 Å². The average molecular weight is 456 g/mol. The summed E-state index contributed by atoms with van der Waals surface area (Å²) in [4.78, 5) is 12.5. The topological polar surface area (TPSA) is 63.2 Å². The van der Waals surface area contributed by atoms with Gasteiger partial charge in [-0.2, -0.15) is 0 Å². The van der Waals surface area contributed by atoms with Crippen molar-refractivity contribution in [2.45, 2.75) is 11.8 Å². The molecule has 3 aromatic rings. The number of hydrogen-bond acceptors (Lipinski definition) is 3. The molecule has 6 heteroatoms. The maximum absolute atomic E-state index is 12.4. The van der Waals surface area contributed by atoms with Crippen LogP contribution in [-0.4, -0.2) is 14.2 Å². The zero-order valence-electron chi connectivity index (χ0n) is 15.1. The second-order valence-corrected chi connectivity index (χ2v) is 8.84. The van der Waals surface area contributed by atoms with Crippen LogP contribution in [-0.2, 0) is 10.0 Å². The van der Waals surface area contributed by atoms with Crippen molar-refractivity contribution in [1.29, 1.82) is 0 Å². The third-order valence-corrected chi connectivity index (χ3v) is 5.98. The molecule has 0 aliphatic rings. The van der Waals surface area contributed by atoms with E-state index >= 15 is 0 Å². The van der Waals surface area contributed by atoms with E-state index in [1.165, 1.54) is 6.08 Å². The molecule has 0 spiro atoms. The number of anilines is 1. The van der Waals surface area contributed by atoms with Crippen molar-refractivity contribution in [3.63, 3.8) is 0 Å². The number of carbonyl (C=O) groups is 1. The molecule has 0 heterocycles. The van der Waals surface area contributed by atoms with E-state index in [1.54, 1.807) is 54.6 Å². The Morgan fingerprint density at radius 1 is 0.893 bits per heavy atom. The number of carbonyl (C=O) groups excluding carboxylic acids is 1. The van der Waals surface area contributed by atoms with Gasteiger partial charge in [0.25, 0.3) is 10.0 Å². The molecule has 0 aliphatic carbocycles. The molecule has 0 bridgehead atoms. The highest BCUT2D eigenvalue weighted by atomic mass is 79.9. The molecule has 0 unspecified atom stereocenters. The van der Waals surface area contributed by atoms with E-state index in [1.807, 2.05) is 31.2 Å². The smallest absolute Gasteiger partial charge is 0.261 e. The predicted molar refractivity (Wildman–Crippen MR) is 116 cm³/mol. The summed E-state index contributed by atoms with van der Waals surface area (Å²) in [5.41, 5.74) is 2.78. The van der Waals surface area contributed by atoms with Gasteiger partial charge in [0.05, 0.1) is 4.90 Å². The van der Waals surface area contributed by atoms with E-state index in [0.29, 0.717) is 11.3 Å². The number of rotatable bonds is 6.